The van der Waals surface area contributed by atoms with Gasteiger partial charge in [-0.3, -0.25) is 4.79 Å². The molecule has 5 rings (SSSR count). The zero-order chi connectivity index (χ0) is 17.5. The molecule has 1 aromatic heterocycles. The predicted molar refractivity (Wildman–Crippen MR) is 103 cm³/mol. The van der Waals surface area contributed by atoms with E-state index in [0.29, 0.717) is 6.54 Å². The number of aromatic nitrogens is 1. The Morgan fingerprint density at radius 1 is 0.808 bits per heavy atom. The van der Waals surface area contributed by atoms with Crippen LogP contribution in [0.3, 0.4) is 0 Å². The molecule has 1 atom stereocenters. The second-order valence-electron chi connectivity index (χ2n) is 6.70. The molecule has 1 aliphatic heterocycles. The van der Waals surface area contributed by atoms with Crippen LogP contribution in [-0.4, -0.2) is 15.8 Å². The summed E-state index contributed by atoms with van der Waals surface area (Å²) in [5.41, 5.74) is 5.27. The molecule has 0 fully saturated rings. The number of nitrogens with zero attached hydrogens (tertiary/aromatic N) is 1. The molecular weight excluding hydrogens is 320 g/mol. The van der Waals surface area contributed by atoms with E-state index < -0.39 is 0 Å². The highest BCUT2D eigenvalue weighted by atomic mass is 16.2. The topological polar surface area (TPSA) is 36.1 Å². The highest BCUT2D eigenvalue weighted by Crippen LogP contribution is 2.41. The minimum atomic E-state index is -0.0740. The molecule has 3 heteroatoms. The Labute approximate surface area is 151 Å². The fourth-order valence-corrected chi connectivity index (χ4v) is 3.97. The number of carbonyl (C=O) groups excluding carboxylic acids is 1. The van der Waals surface area contributed by atoms with Gasteiger partial charge < -0.3 is 9.88 Å². The number of fused-ring (bicyclic) bond motifs is 2. The maximum atomic E-state index is 13.2. The molecule has 3 nitrogen and oxygen atoms in total. The van der Waals surface area contributed by atoms with E-state index >= 15 is 0 Å². The van der Waals surface area contributed by atoms with E-state index in [1.807, 2.05) is 59.6 Å². The Balaban J connectivity index is 1.67. The first-order valence-corrected chi connectivity index (χ1v) is 8.83. The van der Waals surface area contributed by atoms with E-state index in [4.69, 9.17) is 0 Å². The van der Waals surface area contributed by atoms with E-state index in [9.17, 15) is 4.79 Å². The van der Waals surface area contributed by atoms with Crippen molar-refractivity contribution >= 4 is 16.8 Å². The van der Waals surface area contributed by atoms with Gasteiger partial charge >= 0.3 is 0 Å². The lowest BCUT2D eigenvalue weighted by atomic mass is 9.97. The molecule has 1 N–H and O–H groups in total. The van der Waals surface area contributed by atoms with E-state index in [1.54, 1.807) is 0 Å². The number of benzene rings is 3. The molecule has 0 spiro atoms. The molecule has 0 bridgehead atoms. The summed E-state index contributed by atoms with van der Waals surface area (Å²) >= 11 is 0. The van der Waals surface area contributed by atoms with Gasteiger partial charge in [-0.15, -0.1) is 0 Å². The summed E-state index contributed by atoms with van der Waals surface area (Å²) in [5.74, 6) is 0.0970. The zero-order valence-electron chi connectivity index (χ0n) is 14.2. The Bertz CT molecular complexity index is 1100. The molecular formula is C23H18N2O. The molecule has 0 saturated heterocycles. The van der Waals surface area contributed by atoms with Gasteiger partial charge in [0.2, 0.25) is 0 Å². The largest absolute Gasteiger partial charge is 0.361 e. The summed E-state index contributed by atoms with van der Waals surface area (Å²) in [6.07, 6.45) is 2.04. The van der Waals surface area contributed by atoms with Crippen molar-refractivity contribution < 1.29 is 4.79 Å². The number of para-hydroxylation sites is 1. The third-order valence-electron chi connectivity index (χ3n) is 5.17. The maximum Gasteiger partial charge on any atom is 0.255 e. The number of rotatable bonds is 3. The molecule has 126 valence electrons. The number of hydrogen-bond acceptors (Lipinski definition) is 1. The highest BCUT2D eigenvalue weighted by Gasteiger charge is 2.38. The van der Waals surface area contributed by atoms with Crippen molar-refractivity contribution in [3.8, 4) is 0 Å². The fraction of sp³-hybridized carbons (Fsp3) is 0.0870. The molecule has 26 heavy (non-hydrogen) atoms. The molecule has 0 unspecified atom stereocenters. The molecule has 1 amide bonds. The molecule has 4 aromatic rings. The van der Waals surface area contributed by atoms with Gasteiger partial charge in [-0.05, 0) is 23.3 Å². The van der Waals surface area contributed by atoms with E-state index in [2.05, 4.69) is 35.3 Å². The summed E-state index contributed by atoms with van der Waals surface area (Å²) in [5, 5.41) is 1.17. The number of H-pyrrole nitrogens is 1. The Morgan fingerprint density at radius 2 is 1.54 bits per heavy atom. The lowest BCUT2D eigenvalue weighted by molar-refractivity contribution is 0.0737. The van der Waals surface area contributed by atoms with Crippen LogP contribution >= 0.6 is 0 Å². The van der Waals surface area contributed by atoms with Gasteiger partial charge in [0.15, 0.2) is 0 Å². The first kappa shape index (κ1) is 15.0. The minimum absolute atomic E-state index is 0.0740. The number of aromatic amines is 1. The van der Waals surface area contributed by atoms with Crippen LogP contribution < -0.4 is 0 Å². The summed E-state index contributed by atoms with van der Waals surface area (Å²) < 4.78 is 0. The number of hydrogen-bond donors (Lipinski definition) is 1. The number of carbonyl (C=O) groups is 1. The predicted octanol–water partition coefficient (Wildman–Crippen LogP) is 4.91. The van der Waals surface area contributed by atoms with E-state index in [0.717, 1.165) is 27.8 Å². The quantitative estimate of drug-likeness (QED) is 0.566. The van der Waals surface area contributed by atoms with Crippen LogP contribution in [-0.2, 0) is 6.54 Å². The summed E-state index contributed by atoms with van der Waals surface area (Å²) in [4.78, 5) is 18.5. The smallest absolute Gasteiger partial charge is 0.255 e. The molecule has 0 radical (unpaired) electrons. The lowest BCUT2D eigenvalue weighted by Crippen LogP contribution is -2.28. The minimum Gasteiger partial charge on any atom is -0.361 e. The average Bonchev–Trinajstić information content (AvgIpc) is 3.23. The highest BCUT2D eigenvalue weighted by molar-refractivity contribution is 6.00. The monoisotopic (exact) mass is 338 g/mol. The van der Waals surface area contributed by atoms with Crippen LogP contribution in [0.1, 0.15) is 33.1 Å². The van der Waals surface area contributed by atoms with Crippen molar-refractivity contribution in [2.75, 3.05) is 0 Å². The molecule has 1 aliphatic rings. The van der Waals surface area contributed by atoms with Gasteiger partial charge in [-0.2, -0.15) is 0 Å². The SMILES string of the molecule is O=C1c2ccccc2[C@@H](c2c[nH]c3ccccc23)N1Cc1ccccc1. The maximum absolute atomic E-state index is 13.2. The summed E-state index contributed by atoms with van der Waals surface area (Å²) in [6, 6.07) is 26.3. The van der Waals surface area contributed by atoms with Crippen LogP contribution in [0.4, 0.5) is 0 Å². The van der Waals surface area contributed by atoms with Gasteiger partial charge in [0.05, 0.1) is 6.04 Å². The van der Waals surface area contributed by atoms with Crippen LogP contribution in [0.15, 0.2) is 85.1 Å². The van der Waals surface area contributed by atoms with Crippen molar-refractivity contribution in [2.45, 2.75) is 12.6 Å². The lowest BCUT2D eigenvalue weighted by Gasteiger charge is -2.25. The van der Waals surface area contributed by atoms with Crippen LogP contribution in [0, 0.1) is 0 Å². The van der Waals surface area contributed by atoms with Crippen molar-refractivity contribution in [1.29, 1.82) is 0 Å². The Morgan fingerprint density at radius 3 is 2.42 bits per heavy atom. The number of amides is 1. The molecule has 0 aliphatic carbocycles. The van der Waals surface area contributed by atoms with Gasteiger partial charge in [0.25, 0.3) is 5.91 Å². The Hall–Kier alpha value is -3.33. The second kappa shape index (κ2) is 5.88. The molecule has 0 saturated carbocycles. The van der Waals surface area contributed by atoms with Crippen LogP contribution in [0.25, 0.3) is 10.9 Å². The zero-order valence-corrected chi connectivity index (χ0v) is 14.2. The molecule has 2 heterocycles. The molecule has 3 aromatic carbocycles. The third kappa shape index (κ3) is 2.25. The van der Waals surface area contributed by atoms with Crippen molar-refractivity contribution in [3.63, 3.8) is 0 Å². The van der Waals surface area contributed by atoms with Gasteiger partial charge in [0.1, 0.15) is 0 Å². The third-order valence-corrected chi connectivity index (χ3v) is 5.17. The van der Waals surface area contributed by atoms with E-state index in [1.165, 1.54) is 5.39 Å². The fourth-order valence-electron chi connectivity index (χ4n) is 3.97. The van der Waals surface area contributed by atoms with Gasteiger partial charge in [-0.25, -0.2) is 0 Å². The van der Waals surface area contributed by atoms with Crippen molar-refractivity contribution in [3.05, 3.63) is 107 Å². The van der Waals surface area contributed by atoms with Crippen molar-refractivity contribution in [2.24, 2.45) is 0 Å². The van der Waals surface area contributed by atoms with Crippen molar-refractivity contribution in [1.82, 2.24) is 9.88 Å². The number of nitrogens with one attached hydrogen (secondary N) is 1. The first-order chi connectivity index (χ1) is 12.8. The van der Waals surface area contributed by atoms with Gasteiger partial charge in [0, 0.05) is 34.8 Å². The normalized spacial score (nSPS) is 16.2. The average molecular weight is 338 g/mol. The van der Waals surface area contributed by atoms with Gasteiger partial charge in [-0.1, -0.05) is 66.7 Å². The Kier molecular flexibility index (Phi) is 3.39. The first-order valence-electron chi connectivity index (χ1n) is 8.83. The van der Waals surface area contributed by atoms with Crippen LogP contribution in [0.2, 0.25) is 0 Å². The second-order valence-corrected chi connectivity index (χ2v) is 6.70. The summed E-state index contributed by atoms with van der Waals surface area (Å²) in [6.45, 7) is 0.596. The summed E-state index contributed by atoms with van der Waals surface area (Å²) in [7, 11) is 0. The van der Waals surface area contributed by atoms with E-state index in [-0.39, 0.29) is 11.9 Å². The van der Waals surface area contributed by atoms with Crippen LogP contribution in [0.5, 0.6) is 0 Å². The standard InChI is InChI=1S/C23H18N2O/c26-23-19-12-5-4-11-18(19)22(25(23)15-16-8-2-1-3-9-16)20-14-24-21-13-7-6-10-17(20)21/h1-14,22,24H,15H2/t22-/m0/s1.